The van der Waals surface area contributed by atoms with Gasteiger partial charge in [-0.15, -0.1) is 0 Å². The maximum Gasteiger partial charge on any atom is 0.274 e. The Morgan fingerprint density at radius 1 is 1.17 bits per heavy atom. The fourth-order valence-corrected chi connectivity index (χ4v) is 1.85. The van der Waals surface area contributed by atoms with E-state index in [2.05, 4.69) is 25.8 Å². The largest absolute Gasteiger partial charge is 0.360 e. The number of amides is 1. The van der Waals surface area contributed by atoms with Crippen molar-refractivity contribution in [2.24, 2.45) is 0 Å². The number of nitrogens with one attached hydrogen (secondary N) is 2. The molecule has 0 spiro atoms. The van der Waals surface area contributed by atoms with Gasteiger partial charge in [0.15, 0.2) is 17.5 Å². The molecule has 0 aliphatic rings. The molecule has 1 aromatic carbocycles. The van der Waals surface area contributed by atoms with Crippen LogP contribution < -0.4 is 10.6 Å². The third kappa shape index (κ3) is 3.51. The van der Waals surface area contributed by atoms with Crippen molar-refractivity contribution in [3.8, 4) is 0 Å². The van der Waals surface area contributed by atoms with E-state index in [1.54, 1.807) is 13.0 Å². The minimum atomic E-state index is -1.06. The van der Waals surface area contributed by atoms with Gasteiger partial charge in [-0.2, -0.15) is 0 Å². The Balaban J connectivity index is 1.75. The number of hydrogen-bond donors (Lipinski definition) is 2. The summed E-state index contributed by atoms with van der Waals surface area (Å²) in [6.07, 6.45) is 1.38. The molecule has 0 atom stereocenters. The molecule has 0 unspecified atom stereocenters. The normalized spacial score (nSPS) is 10.5. The molecule has 3 rings (SSSR count). The van der Waals surface area contributed by atoms with E-state index < -0.39 is 17.5 Å². The highest BCUT2D eigenvalue weighted by atomic mass is 19.2. The number of halogens is 2. The summed E-state index contributed by atoms with van der Waals surface area (Å²) in [4.78, 5) is 20.1. The van der Waals surface area contributed by atoms with Gasteiger partial charge in [-0.25, -0.2) is 18.7 Å². The molecule has 0 saturated heterocycles. The third-order valence-electron chi connectivity index (χ3n) is 2.93. The lowest BCUT2D eigenvalue weighted by Crippen LogP contribution is -2.15. The monoisotopic (exact) mass is 331 g/mol. The van der Waals surface area contributed by atoms with Gasteiger partial charge in [0.25, 0.3) is 5.91 Å². The summed E-state index contributed by atoms with van der Waals surface area (Å²) in [6, 6.07) is 6.07. The zero-order valence-corrected chi connectivity index (χ0v) is 12.4. The van der Waals surface area contributed by atoms with Crippen LogP contribution in [0.2, 0.25) is 0 Å². The lowest BCUT2D eigenvalue weighted by atomic mass is 10.3. The summed E-state index contributed by atoms with van der Waals surface area (Å²) in [5.74, 6) is -1.51. The number of aryl methyl sites for hydroxylation is 1. The average molecular weight is 331 g/mol. The van der Waals surface area contributed by atoms with Gasteiger partial charge >= 0.3 is 0 Å². The van der Waals surface area contributed by atoms with Crippen LogP contribution >= 0.6 is 0 Å². The second kappa shape index (κ2) is 6.41. The predicted molar refractivity (Wildman–Crippen MR) is 80.9 cm³/mol. The van der Waals surface area contributed by atoms with Crippen molar-refractivity contribution >= 4 is 23.4 Å². The Bertz CT molecular complexity index is 897. The summed E-state index contributed by atoms with van der Waals surface area (Å²) in [5.41, 5.74) is 0.150. The van der Waals surface area contributed by atoms with E-state index in [-0.39, 0.29) is 17.3 Å². The molecule has 2 aromatic heterocycles. The van der Waals surface area contributed by atoms with Crippen molar-refractivity contribution in [2.75, 3.05) is 10.6 Å². The van der Waals surface area contributed by atoms with Gasteiger partial charge in [0.05, 0.1) is 0 Å². The van der Waals surface area contributed by atoms with Crippen LogP contribution in [0.4, 0.5) is 26.2 Å². The maximum absolute atomic E-state index is 13.2. The van der Waals surface area contributed by atoms with Gasteiger partial charge < -0.3 is 15.2 Å². The molecule has 0 aliphatic carbocycles. The number of hydrogen-bond acceptors (Lipinski definition) is 6. The van der Waals surface area contributed by atoms with Gasteiger partial charge in [-0.05, 0) is 25.1 Å². The van der Waals surface area contributed by atoms with Crippen molar-refractivity contribution < 1.29 is 18.1 Å². The molecule has 0 fully saturated rings. The molecule has 0 saturated carbocycles. The van der Waals surface area contributed by atoms with Crippen molar-refractivity contribution in [1.82, 2.24) is 15.1 Å². The average Bonchev–Trinajstić information content (AvgIpc) is 2.96. The van der Waals surface area contributed by atoms with E-state index in [4.69, 9.17) is 4.52 Å². The summed E-state index contributed by atoms with van der Waals surface area (Å²) in [7, 11) is 0. The van der Waals surface area contributed by atoms with E-state index in [0.717, 1.165) is 12.1 Å². The van der Waals surface area contributed by atoms with Crippen LogP contribution in [-0.2, 0) is 0 Å². The predicted octanol–water partition coefficient (Wildman–Crippen LogP) is 3.05. The van der Waals surface area contributed by atoms with Crippen LogP contribution in [0.25, 0.3) is 0 Å². The molecule has 7 nitrogen and oxygen atoms in total. The third-order valence-corrected chi connectivity index (χ3v) is 2.93. The number of carbonyl (C=O) groups excluding carboxylic acids is 1. The number of rotatable bonds is 4. The maximum atomic E-state index is 13.2. The Morgan fingerprint density at radius 2 is 2.00 bits per heavy atom. The first-order valence-electron chi connectivity index (χ1n) is 6.81. The SMILES string of the molecule is Cc1cc(Nc2nccc(C(=O)Nc3ccc(F)c(F)c3)n2)no1. The van der Waals surface area contributed by atoms with Gasteiger partial charge in [-0.1, -0.05) is 5.16 Å². The van der Waals surface area contributed by atoms with Gasteiger partial charge in [-0.3, -0.25) is 4.79 Å². The molecule has 0 bridgehead atoms. The first kappa shape index (κ1) is 15.5. The smallest absolute Gasteiger partial charge is 0.274 e. The Morgan fingerprint density at radius 3 is 2.71 bits per heavy atom. The summed E-state index contributed by atoms with van der Waals surface area (Å²) in [6.45, 7) is 1.73. The molecule has 24 heavy (non-hydrogen) atoms. The minimum absolute atomic E-state index is 0.0393. The van der Waals surface area contributed by atoms with Gasteiger partial charge in [0.1, 0.15) is 11.5 Å². The number of carbonyl (C=O) groups is 1. The van der Waals surface area contributed by atoms with Crippen molar-refractivity contribution in [3.05, 3.63) is 59.6 Å². The lowest BCUT2D eigenvalue weighted by molar-refractivity contribution is 0.102. The molecule has 9 heteroatoms. The topological polar surface area (TPSA) is 92.9 Å². The van der Waals surface area contributed by atoms with Crippen LogP contribution in [0.3, 0.4) is 0 Å². The van der Waals surface area contributed by atoms with E-state index in [1.807, 2.05) is 0 Å². The summed E-state index contributed by atoms with van der Waals surface area (Å²) >= 11 is 0. The second-order valence-corrected chi connectivity index (χ2v) is 4.80. The fraction of sp³-hybridized carbons (Fsp3) is 0.0667. The lowest BCUT2D eigenvalue weighted by Gasteiger charge is -2.06. The standard InChI is InChI=1S/C15H11F2N5O2/c1-8-6-13(22-24-8)21-15-18-5-4-12(20-15)14(23)19-9-2-3-10(16)11(17)7-9/h2-7H,1H3,(H,19,23)(H,18,20,21,22). The second-order valence-electron chi connectivity index (χ2n) is 4.80. The van der Waals surface area contributed by atoms with Crippen molar-refractivity contribution in [2.45, 2.75) is 6.92 Å². The molecular weight excluding hydrogens is 320 g/mol. The molecule has 0 radical (unpaired) electrons. The molecule has 0 aliphatic heterocycles. The van der Waals surface area contributed by atoms with Crippen LogP contribution in [0.5, 0.6) is 0 Å². The summed E-state index contributed by atoms with van der Waals surface area (Å²) in [5, 5.41) is 8.93. The number of benzene rings is 1. The Kier molecular flexibility index (Phi) is 4.15. The molecule has 2 heterocycles. The van der Waals surface area contributed by atoms with E-state index >= 15 is 0 Å². The molecule has 3 aromatic rings. The fourth-order valence-electron chi connectivity index (χ4n) is 1.85. The minimum Gasteiger partial charge on any atom is -0.360 e. The Hall–Kier alpha value is -3.36. The van der Waals surface area contributed by atoms with Gasteiger partial charge in [0.2, 0.25) is 5.95 Å². The first-order valence-corrected chi connectivity index (χ1v) is 6.81. The van der Waals surface area contributed by atoms with E-state index in [1.165, 1.54) is 18.3 Å². The molecule has 2 N–H and O–H groups in total. The zero-order chi connectivity index (χ0) is 17.1. The van der Waals surface area contributed by atoms with E-state index in [0.29, 0.717) is 11.6 Å². The molecule has 122 valence electrons. The number of nitrogens with zero attached hydrogens (tertiary/aromatic N) is 3. The van der Waals surface area contributed by atoms with E-state index in [9.17, 15) is 13.6 Å². The van der Waals surface area contributed by atoms with Gasteiger partial charge in [0, 0.05) is 24.0 Å². The highest BCUT2D eigenvalue weighted by Gasteiger charge is 2.12. The van der Waals surface area contributed by atoms with Crippen LogP contribution in [0.15, 0.2) is 41.1 Å². The first-order chi connectivity index (χ1) is 11.5. The van der Waals surface area contributed by atoms with Crippen LogP contribution in [0.1, 0.15) is 16.2 Å². The highest BCUT2D eigenvalue weighted by molar-refractivity contribution is 6.02. The summed E-state index contributed by atoms with van der Waals surface area (Å²) < 4.78 is 31.0. The molecule has 1 amide bonds. The highest BCUT2D eigenvalue weighted by Crippen LogP contribution is 2.15. The number of anilines is 3. The molecular formula is C15H11F2N5O2. The van der Waals surface area contributed by atoms with Crippen molar-refractivity contribution in [3.63, 3.8) is 0 Å². The quantitative estimate of drug-likeness (QED) is 0.763. The van der Waals surface area contributed by atoms with Crippen LogP contribution in [-0.4, -0.2) is 21.0 Å². The van der Waals surface area contributed by atoms with Crippen LogP contribution in [0, 0.1) is 18.6 Å². The Labute approximate surface area is 134 Å². The van der Waals surface area contributed by atoms with Crippen molar-refractivity contribution in [1.29, 1.82) is 0 Å². The zero-order valence-electron chi connectivity index (χ0n) is 12.4. The number of aromatic nitrogens is 3.